The fraction of sp³-hybridized carbons (Fsp3) is 1.00. The van der Waals surface area contributed by atoms with Gasteiger partial charge in [0.2, 0.25) is 0 Å². The van der Waals surface area contributed by atoms with E-state index >= 15 is 0 Å². The fourth-order valence-electron chi connectivity index (χ4n) is 6.01. The average Bonchev–Trinajstić information content (AvgIpc) is 2.27. The molecule has 4 atom stereocenters. The maximum atomic E-state index is 6.25. The molecule has 2 aliphatic carbocycles. The van der Waals surface area contributed by atoms with Crippen LogP contribution < -0.4 is 0 Å². The van der Waals surface area contributed by atoms with Crippen LogP contribution in [0.5, 0.6) is 0 Å². The van der Waals surface area contributed by atoms with Gasteiger partial charge in [0.25, 0.3) is 0 Å². The largest absolute Gasteiger partial charge is 0.375 e. The van der Waals surface area contributed by atoms with Crippen molar-refractivity contribution in [2.75, 3.05) is 6.61 Å². The number of ether oxygens (including phenoxy) is 1. The zero-order valence-corrected chi connectivity index (χ0v) is 12.7. The number of hydrogen-bond acceptors (Lipinski definition) is 1. The standard InChI is InChI=1S/C17H30O/c1-15(2)9-6-10-16(3)13(15)8-11-17(4)14(16)7-5-12-18-17/h13-14H,5-12H2,1-4H3. The lowest BCUT2D eigenvalue weighted by Gasteiger charge is -2.63. The van der Waals surface area contributed by atoms with Gasteiger partial charge in [0.1, 0.15) is 0 Å². The molecule has 18 heavy (non-hydrogen) atoms. The Hall–Kier alpha value is -0.0400. The van der Waals surface area contributed by atoms with Gasteiger partial charge in [0, 0.05) is 6.61 Å². The summed E-state index contributed by atoms with van der Waals surface area (Å²) in [6, 6.07) is 0. The van der Waals surface area contributed by atoms with E-state index in [2.05, 4.69) is 27.7 Å². The summed E-state index contributed by atoms with van der Waals surface area (Å²) >= 11 is 0. The third kappa shape index (κ3) is 1.69. The van der Waals surface area contributed by atoms with Crippen molar-refractivity contribution >= 4 is 0 Å². The van der Waals surface area contributed by atoms with Crippen molar-refractivity contribution in [2.24, 2.45) is 22.7 Å². The first-order valence-electron chi connectivity index (χ1n) is 8.02. The van der Waals surface area contributed by atoms with Crippen LogP contribution in [0, 0.1) is 22.7 Å². The van der Waals surface area contributed by atoms with Gasteiger partial charge in [-0.15, -0.1) is 0 Å². The Balaban J connectivity index is 1.96. The van der Waals surface area contributed by atoms with E-state index in [1.54, 1.807) is 0 Å². The molecule has 1 aliphatic heterocycles. The second-order valence-corrected chi connectivity index (χ2v) is 8.30. The molecule has 2 saturated carbocycles. The Bertz CT molecular complexity index is 335. The molecule has 4 unspecified atom stereocenters. The van der Waals surface area contributed by atoms with Crippen molar-refractivity contribution in [1.29, 1.82) is 0 Å². The molecule has 1 saturated heterocycles. The highest BCUT2D eigenvalue weighted by Crippen LogP contribution is 2.64. The lowest BCUT2D eigenvalue weighted by Crippen LogP contribution is -2.59. The van der Waals surface area contributed by atoms with Crippen molar-refractivity contribution < 1.29 is 4.74 Å². The Kier molecular flexibility index (Phi) is 2.86. The molecule has 3 aliphatic rings. The minimum atomic E-state index is 0.191. The van der Waals surface area contributed by atoms with Crippen molar-refractivity contribution in [1.82, 2.24) is 0 Å². The monoisotopic (exact) mass is 250 g/mol. The lowest BCUT2D eigenvalue weighted by molar-refractivity contribution is -0.212. The molecular formula is C17H30O. The zero-order valence-electron chi connectivity index (χ0n) is 12.7. The molecular weight excluding hydrogens is 220 g/mol. The van der Waals surface area contributed by atoms with Gasteiger partial charge in [-0.3, -0.25) is 0 Å². The molecule has 0 aromatic carbocycles. The van der Waals surface area contributed by atoms with Crippen LogP contribution >= 0.6 is 0 Å². The zero-order chi connectivity index (χ0) is 13.0. The van der Waals surface area contributed by atoms with Crippen molar-refractivity contribution in [3.63, 3.8) is 0 Å². The summed E-state index contributed by atoms with van der Waals surface area (Å²) in [6.07, 6.45) is 9.65. The van der Waals surface area contributed by atoms with Crippen LogP contribution in [0.25, 0.3) is 0 Å². The highest BCUT2D eigenvalue weighted by molar-refractivity contribution is 5.08. The van der Waals surface area contributed by atoms with E-state index in [9.17, 15) is 0 Å². The molecule has 3 rings (SSSR count). The first-order valence-corrected chi connectivity index (χ1v) is 8.02. The Labute approximate surface area is 113 Å². The quantitative estimate of drug-likeness (QED) is 0.600. The summed E-state index contributed by atoms with van der Waals surface area (Å²) in [6.45, 7) is 11.0. The summed E-state index contributed by atoms with van der Waals surface area (Å²) < 4.78 is 6.25. The van der Waals surface area contributed by atoms with Gasteiger partial charge in [0.15, 0.2) is 0 Å². The predicted octanol–water partition coefficient (Wildman–Crippen LogP) is 4.80. The molecule has 3 fully saturated rings. The van der Waals surface area contributed by atoms with Crippen LogP contribution in [-0.2, 0) is 4.74 Å². The maximum absolute atomic E-state index is 6.25. The lowest BCUT2D eigenvalue weighted by atomic mass is 9.45. The normalized spacial score (nSPS) is 51.3. The second kappa shape index (κ2) is 3.98. The van der Waals surface area contributed by atoms with Gasteiger partial charge >= 0.3 is 0 Å². The van der Waals surface area contributed by atoms with Crippen molar-refractivity contribution in [2.45, 2.75) is 78.2 Å². The van der Waals surface area contributed by atoms with Crippen LogP contribution in [0.4, 0.5) is 0 Å². The average molecular weight is 250 g/mol. The van der Waals surface area contributed by atoms with Gasteiger partial charge in [-0.2, -0.15) is 0 Å². The van der Waals surface area contributed by atoms with Crippen LogP contribution in [0.1, 0.15) is 72.6 Å². The summed E-state index contributed by atoms with van der Waals surface area (Å²) in [5.74, 6) is 1.72. The molecule has 0 aromatic rings. The van der Waals surface area contributed by atoms with E-state index < -0.39 is 0 Å². The highest BCUT2D eigenvalue weighted by Gasteiger charge is 2.59. The summed E-state index contributed by atoms with van der Waals surface area (Å²) in [7, 11) is 0. The van der Waals surface area contributed by atoms with Crippen molar-refractivity contribution in [3.8, 4) is 0 Å². The molecule has 104 valence electrons. The molecule has 0 amide bonds. The highest BCUT2D eigenvalue weighted by atomic mass is 16.5. The molecule has 0 radical (unpaired) electrons. The van der Waals surface area contributed by atoms with Crippen LogP contribution in [-0.4, -0.2) is 12.2 Å². The smallest absolute Gasteiger partial charge is 0.0687 e. The van der Waals surface area contributed by atoms with Crippen LogP contribution in [0.2, 0.25) is 0 Å². The fourth-order valence-corrected chi connectivity index (χ4v) is 6.01. The van der Waals surface area contributed by atoms with E-state index in [4.69, 9.17) is 4.74 Å². The Morgan fingerprint density at radius 3 is 2.39 bits per heavy atom. The first kappa shape index (κ1) is 13.0. The van der Waals surface area contributed by atoms with E-state index in [-0.39, 0.29) is 5.60 Å². The number of hydrogen-bond donors (Lipinski definition) is 0. The maximum Gasteiger partial charge on any atom is 0.0687 e. The minimum Gasteiger partial charge on any atom is -0.375 e. The van der Waals surface area contributed by atoms with Gasteiger partial charge < -0.3 is 4.74 Å². The number of rotatable bonds is 0. The third-order valence-electron chi connectivity index (χ3n) is 6.81. The SMILES string of the molecule is CC1(C)CCCC2(C)C1CCC1(C)OCCCC12. The molecule has 0 spiro atoms. The predicted molar refractivity (Wildman–Crippen MR) is 75.5 cm³/mol. The molecule has 0 bridgehead atoms. The van der Waals surface area contributed by atoms with Gasteiger partial charge in [-0.1, -0.05) is 27.2 Å². The molecule has 0 N–H and O–H groups in total. The van der Waals surface area contributed by atoms with Crippen molar-refractivity contribution in [3.05, 3.63) is 0 Å². The van der Waals surface area contributed by atoms with Gasteiger partial charge in [-0.05, 0) is 68.1 Å². The molecule has 0 aromatic heterocycles. The molecule has 1 nitrogen and oxygen atoms in total. The van der Waals surface area contributed by atoms with Crippen LogP contribution in [0.3, 0.4) is 0 Å². The summed E-state index contributed by atoms with van der Waals surface area (Å²) in [4.78, 5) is 0. The van der Waals surface area contributed by atoms with Gasteiger partial charge in [-0.25, -0.2) is 0 Å². The van der Waals surface area contributed by atoms with E-state index in [0.717, 1.165) is 18.4 Å². The van der Waals surface area contributed by atoms with Gasteiger partial charge in [0.05, 0.1) is 5.60 Å². The first-order chi connectivity index (χ1) is 8.39. The minimum absolute atomic E-state index is 0.191. The summed E-state index contributed by atoms with van der Waals surface area (Å²) in [5.41, 5.74) is 1.28. The molecule has 1 heterocycles. The Morgan fingerprint density at radius 1 is 0.833 bits per heavy atom. The van der Waals surface area contributed by atoms with E-state index in [1.165, 1.54) is 44.9 Å². The molecule has 1 heteroatoms. The Morgan fingerprint density at radius 2 is 1.61 bits per heavy atom. The third-order valence-corrected chi connectivity index (χ3v) is 6.81. The van der Waals surface area contributed by atoms with Crippen LogP contribution in [0.15, 0.2) is 0 Å². The second-order valence-electron chi connectivity index (χ2n) is 8.30. The summed E-state index contributed by atoms with van der Waals surface area (Å²) in [5, 5.41) is 0. The topological polar surface area (TPSA) is 9.23 Å². The number of fused-ring (bicyclic) bond motifs is 3. The van der Waals surface area contributed by atoms with E-state index in [1.807, 2.05) is 0 Å². The van der Waals surface area contributed by atoms with E-state index in [0.29, 0.717) is 10.8 Å².